The number of amides is 1. The van der Waals surface area contributed by atoms with Crippen LogP contribution in [0.5, 0.6) is 0 Å². The fraction of sp³-hybridized carbons (Fsp3) is 0.556. The molecule has 1 N–H and O–H groups in total. The van der Waals surface area contributed by atoms with Gasteiger partial charge >= 0.3 is 0 Å². The summed E-state index contributed by atoms with van der Waals surface area (Å²) in [7, 11) is 0. The lowest BCUT2D eigenvalue weighted by molar-refractivity contribution is -0.123. The lowest BCUT2D eigenvalue weighted by atomic mass is 9.79. The van der Waals surface area contributed by atoms with Crippen molar-refractivity contribution in [3.8, 4) is 0 Å². The van der Waals surface area contributed by atoms with Gasteiger partial charge in [0.05, 0.1) is 16.8 Å². The summed E-state index contributed by atoms with van der Waals surface area (Å²) in [6, 6.07) is 7.04. The van der Waals surface area contributed by atoms with E-state index in [2.05, 4.69) is 39.7 Å². The Morgan fingerprint density at radius 1 is 1.39 bits per heavy atom. The Labute approximate surface area is 141 Å². The predicted molar refractivity (Wildman–Crippen MR) is 93.8 cm³/mol. The zero-order chi connectivity index (χ0) is 16.0. The fourth-order valence-electron chi connectivity index (χ4n) is 4.18. The van der Waals surface area contributed by atoms with Gasteiger partial charge < -0.3 is 5.32 Å². The lowest BCUT2D eigenvalue weighted by Crippen LogP contribution is -2.62. The van der Waals surface area contributed by atoms with Gasteiger partial charge in [-0.05, 0) is 74.9 Å². The van der Waals surface area contributed by atoms with Crippen molar-refractivity contribution in [1.82, 2.24) is 14.6 Å². The van der Waals surface area contributed by atoms with Gasteiger partial charge in [-0.15, -0.1) is 0 Å². The number of aromatic nitrogens is 1. The molecule has 3 aliphatic rings. The number of fused-ring (bicyclic) bond motifs is 4. The molecule has 2 atom stereocenters. The highest BCUT2D eigenvalue weighted by Gasteiger charge is 2.40. The normalized spacial score (nSPS) is 29.8. The molecule has 2 bridgehead atoms. The van der Waals surface area contributed by atoms with Crippen molar-refractivity contribution in [2.75, 3.05) is 13.1 Å². The molecule has 5 heteroatoms. The van der Waals surface area contributed by atoms with E-state index in [0.29, 0.717) is 24.4 Å². The molecule has 3 saturated heterocycles. The summed E-state index contributed by atoms with van der Waals surface area (Å²) in [5, 5.41) is 4.49. The molecule has 4 nitrogen and oxygen atoms in total. The van der Waals surface area contributed by atoms with Crippen LogP contribution in [-0.4, -0.2) is 40.4 Å². The zero-order valence-corrected chi connectivity index (χ0v) is 14.5. The smallest absolute Gasteiger partial charge is 0.224 e. The molecule has 0 unspecified atom stereocenters. The maximum atomic E-state index is 12.5. The van der Waals surface area contributed by atoms with Crippen LogP contribution in [0.3, 0.4) is 0 Å². The van der Waals surface area contributed by atoms with E-state index in [1.165, 1.54) is 47.5 Å². The van der Waals surface area contributed by atoms with E-state index in [1.807, 2.05) is 6.92 Å². The highest BCUT2D eigenvalue weighted by molar-refractivity contribution is 7.13. The molecule has 3 fully saturated rings. The third-order valence-electron chi connectivity index (χ3n) is 5.58. The molecule has 1 aromatic carbocycles. The van der Waals surface area contributed by atoms with Crippen LogP contribution >= 0.6 is 11.5 Å². The number of piperidine rings is 3. The number of nitrogens with one attached hydrogen (secondary N) is 1. The summed E-state index contributed by atoms with van der Waals surface area (Å²) in [6.45, 7) is 6.67. The van der Waals surface area contributed by atoms with Crippen LogP contribution in [0.2, 0.25) is 0 Å². The minimum Gasteiger partial charge on any atom is -0.351 e. The second-order valence-corrected chi connectivity index (χ2v) is 7.79. The molecule has 0 spiro atoms. The van der Waals surface area contributed by atoms with Crippen LogP contribution in [0.15, 0.2) is 18.2 Å². The SMILES string of the molecule is Cc1nsc2ccc(CC(=O)N[C@@H]3C4CCN(CC4)[C@@H]3C)cc12. The van der Waals surface area contributed by atoms with Gasteiger partial charge in [-0.25, -0.2) is 0 Å². The Balaban J connectivity index is 1.45. The largest absolute Gasteiger partial charge is 0.351 e. The molecular formula is C18H23N3OS. The topological polar surface area (TPSA) is 45.2 Å². The number of benzene rings is 1. The molecule has 2 aromatic rings. The fourth-order valence-corrected chi connectivity index (χ4v) is 4.95. The first-order valence-electron chi connectivity index (χ1n) is 8.50. The van der Waals surface area contributed by atoms with Gasteiger partial charge in [-0.3, -0.25) is 9.69 Å². The number of hydrogen-bond donors (Lipinski definition) is 1. The average molecular weight is 329 g/mol. The standard InChI is InChI=1S/C18H23N3OS/c1-11-15-9-13(3-4-16(15)23-20-11)10-17(22)19-18-12(2)21-7-5-14(18)6-8-21/h3-4,9,12,14,18H,5-8,10H2,1-2H3,(H,19,22)/t12-,18+/m1/s1. The Bertz CT molecular complexity index is 731. The number of rotatable bonds is 3. The van der Waals surface area contributed by atoms with E-state index in [1.54, 1.807) is 0 Å². The quantitative estimate of drug-likeness (QED) is 0.942. The third-order valence-corrected chi connectivity index (χ3v) is 6.50. The number of aryl methyl sites for hydroxylation is 1. The maximum Gasteiger partial charge on any atom is 0.224 e. The molecule has 4 heterocycles. The number of carbonyl (C=O) groups is 1. The zero-order valence-electron chi connectivity index (χ0n) is 13.7. The first kappa shape index (κ1) is 15.1. The maximum absolute atomic E-state index is 12.5. The minimum atomic E-state index is 0.149. The van der Waals surface area contributed by atoms with Gasteiger partial charge in [0.15, 0.2) is 0 Å². The van der Waals surface area contributed by atoms with Crippen LogP contribution in [0.4, 0.5) is 0 Å². The Kier molecular flexibility index (Phi) is 3.85. The first-order valence-corrected chi connectivity index (χ1v) is 9.27. The molecule has 0 saturated carbocycles. The van der Waals surface area contributed by atoms with Crippen LogP contribution < -0.4 is 5.32 Å². The van der Waals surface area contributed by atoms with Crippen molar-refractivity contribution in [1.29, 1.82) is 0 Å². The van der Waals surface area contributed by atoms with Crippen LogP contribution in [0.25, 0.3) is 10.1 Å². The highest BCUT2D eigenvalue weighted by Crippen LogP contribution is 2.32. The molecule has 1 aromatic heterocycles. The highest BCUT2D eigenvalue weighted by atomic mass is 32.1. The van der Waals surface area contributed by atoms with Crippen molar-refractivity contribution in [3.63, 3.8) is 0 Å². The Morgan fingerprint density at radius 3 is 2.91 bits per heavy atom. The van der Waals surface area contributed by atoms with Crippen molar-refractivity contribution in [2.45, 2.75) is 45.2 Å². The predicted octanol–water partition coefficient (Wildman–Crippen LogP) is 2.75. The first-order chi connectivity index (χ1) is 11.1. The Morgan fingerprint density at radius 2 is 2.17 bits per heavy atom. The number of hydrogen-bond acceptors (Lipinski definition) is 4. The van der Waals surface area contributed by atoms with Gasteiger partial charge in [0.25, 0.3) is 0 Å². The molecule has 1 amide bonds. The van der Waals surface area contributed by atoms with E-state index in [4.69, 9.17) is 0 Å². The van der Waals surface area contributed by atoms with Gasteiger partial charge in [-0.2, -0.15) is 4.37 Å². The molecule has 0 aliphatic carbocycles. The summed E-state index contributed by atoms with van der Waals surface area (Å²) >= 11 is 1.52. The monoisotopic (exact) mass is 329 g/mol. The second-order valence-electron chi connectivity index (χ2n) is 6.98. The van der Waals surface area contributed by atoms with Gasteiger partial charge in [0, 0.05) is 17.5 Å². The molecular weight excluding hydrogens is 306 g/mol. The molecule has 122 valence electrons. The number of carbonyl (C=O) groups excluding carboxylic acids is 1. The lowest BCUT2D eigenvalue weighted by Gasteiger charge is -2.50. The Hall–Kier alpha value is -1.46. The van der Waals surface area contributed by atoms with E-state index in [9.17, 15) is 4.79 Å². The van der Waals surface area contributed by atoms with Crippen LogP contribution in [0.1, 0.15) is 31.0 Å². The van der Waals surface area contributed by atoms with E-state index >= 15 is 0 Å². The minimum absolute atomic E-state index is 0.149. The van der Waals surface area contributed by atoms with E-state index < -0.39 is 0 Å². The molecule has 23 heavy (non-hydrogen) atoms. The average Bonchev–Trinajstić information content (AvgIpc) is 2.92. The van der Waals surface area contributed by atoms with Gasteiger partial charge in [-0.1, -0.05) is 6.07 Å². The van der Waals surface area contributed by atoms with Crippen molar-refractivity contribution in [2.24, 2.45) is 5.92 Å². The van der Waals surface area contributed by atoms with Crippen molar-refractivity contribution in [3.05, 3.63) is 29.5 Å². The van der Waals surface area contributed by atoms with E-state index in [0.717, 1.165) is 11.3 Å². The van der Waals surface area contributed by atoms with E-state index in [-0.39, 0.29) is 5.91 Å². The molecule has 3 aliphatic heterocycles. The molecule has 0 radical (unpaired) electrons. The summed E-state index contributed by atoms with van der Waals surface area (Å²) in [5.41, 5.74) is 2.13. The summed E-state index contributed by atoms with van der Waals surface area (Å²) < 4.78 is 5.57. The number of nitrogens with zero attached hydrogens (tertiary/aromatic N) is 2. The van der Waals surface area contributed by atoms with Crippen LogP contribution in [-0.2, 0) is 11.2 Å². The summed E-state index contributed by atoms with van der Waals surface area (Å²) in [4.78, 5) is 15.0. The van der Waals surface area contributed by atoms with Crippen molar-refractivity contribution >= 4 is 27.5 Å². The summed E-state index contributed by atoms with van der Waals surface area (Å²) in [5.74, 6) is 0.806. The molecule has 5 rings (SSSR count). The van der Waals surface area contributed by atoms with Crippen LogP contribution in [0, 0.1) is 12.8 Å². The van der Waals surface area contributed by atoms with Gasteiger partial charge in [0.2, 0.25) is 5.91 Å². The third kappa shape index (κ3) is 2.76. The second kappa shape index (κ2) is 5.87. The summed E-state index contributed by atoms with van der Waals surface area (Å²) in [6.07, 6.45) is 2.91. The van der Waals surface area contributed by atoms with Gasteiger partial charge in [0.1, 0.15) is 0 Å². The van der Waals surface area contributed by atoms with Crippen molar-refractivity contribution < 1.29 is 4.79 Å².